The van der Waals surface area contributed by atoms with Gasteiger partial charge >= 0.3 is 0 Å². The molecule has 156 valence electrons. The first-order chi connectivity index (χ1) is 15.0. The molecule has 0 saturated heterocycles. The number of halogens is 1. The zero-order valence-corrected chi connectivity index (χ0v) is 19.7. The highest BCUT2D eigenvalue weighted by atomic mass is 127. The Labute approximate surface area is 194 Å². The van der Waals surface area contributed by atoms with Crippen LogP contribution >= 0.6 is 22.6 Å². The first kappa shape index (κ1) is 21.1. The number of rotatable bonds is 5. The number of benzene rings is 3. The molecule has 31 heavy (non-hydrogen) atoms. The molecule has 5 nitrogen and oxygen atoms in total. The van der Waals surface area contributed by atoms with Crippen LogP contribution < -0.4 is 15.2 Å². The Hall–Kier alpha value is -3.13. The predicted octanol–water partition coefficient (Wildman–Crippen LogP) is 5.24. The van der Waals surface area contributed by atoms with Crippen molar-refractivity contribution in [2.24, 2.45) is 0 Å². The highest BCUT2D eigenvalue weighted by Gasteiger charge is 2.14. The predicted molar refractivity (Wildman–Crippen MR) is 136 cm³/mol. The first-order valence-electron chi connectivity index (χ1n) is 9.79. The highest BCUT2D eigenvalue weighted by Crippen LogP contribution is 2.24. The maximum absolute atomic E-state index is 13.5. The van der Waals surface area contributed by atoms with E-state index in [0.717, 1.165) is 14.8 Å². The molecule has 4 rings (SSSR count). The Bertz CT molecular complexity index is 1330. The summed E-state index contributed by atoms with van der Waals surface area (Å²) >= 11 is 2.21. The van der Waals surface area contributed by atoms with Crippen molar-refractivity contribution >= 4 is 51.3 Å². The normalized spacial score (nSPS) is 11.2. The lowest BCUT2D eigenvalue weighted by Crippen LogP contribution is -2.23. The molecule has 0 aliphatic carbocycles. The van der Waals surface area contributed by atoms with Gasteiger partial charge < -0.3 is 9.64 Å². The molecule has 6 heteroatoms. The van der Waals surface area contributed by atoms with E-state index in [4.69, 9.17) is 9.72 Å². The van der Waals surface area contributed by atoms with Gasteiger partial charge in [-0.2, -0.15) is 0 Å². The topological polar surface area (TPSA) is 47.4 Å². The summed E-state index contributed by atoms with van der Waals surface area (Å²) in [5.74, 6) is 1.15. The fraction of sp³-hybridized carbons (Fsp3) is 0.120. The van der Waals surface area contributed by atoms with Crippen LogP contribution in [0.4, 0.5) is 5.69 Å². The van der Waals surface area contributed by atoms with Crippen molar-refractivity contribution in [3.8, 4) is 11.4 Å². The van der Waals surface area contributed by atoms with E-state index in [1.54, 1.807) is 11.7 Å². The summed E-state index contributed by atoms with van der Waals surface area (Å²) < 4.78 is 8.13. The Morgan fingerprint density at radius 3 is 2.45 bits per heavy atom. The Kier molecular flexibility index (Phi) is 6.08. The third-order valence-corrected chi connectivity index (χ3v) is 5.69. The molecule has 0 radical (unpaired) electrons. The number of para-hydroxylation sites is 2. The van der Waals surface area contributed by atoms with Crippen molar-refractivity contribution < 1.29 is 4.74 Å². The molecule has 1 aromatic heterocycles. The fourth-order valence-electron chi connectivity index (χ4n) is 3.39. The van der Waals surface area contributed by atoms with Crippen LogP contribution in [0.25, 0.3) is 28.7 Å². The van der Waals surface area contributed by atoms with Gasteiger partial charge in [0.1, 0.15) is 11.6 Å². The smallest absolute Gasteiger partial charge is 0.266 e. The van der Waals surface area contributed by atoms with Crippen molar-refractivity contribution in [3.05, 3.63) is 92.0 Å². The summed E-state index contributed by atoms with van der Waals surface area (Å²) in [6.45, 7) is 0. The minimum absolute atomic E-state index is 0.129. The molecule has 0 amide bonds. The lowest BCUT2D eigenvalue weighted by molar-refractivity contribution is 0.412. The number of hydrogen-bond acceptors (Lipinski definition) is 4. The maximum atomic E-state index is 13.5. The van der Waals surface area contributed by atoms with Crippen LogP contribution in [0.1, 0.15) is 11.4 Å². The zero-order valence-electron chi connectivity index (χ0n) is 17.5. The summed E-state index contributed by atoms with van der Waals surface area (Å²) in [4.78, 5) is 20.4. The van der Waals surface area contributed by atoms with Gasteiger partial charge in [-0.05, 0) is 76.7 Å². The average Bonchev–Trinajstić information content (AvgIpc) is 2.78. The van der Waals surface area contributed by atoms with Crippen LogP contribution in [0.3, 0.4) is 0 Å². The lowest BCUT2D eigenvalue weighted by atomic mass is 10.1. The average molecular weight is 523 g/mol. The van der Waals surface area contributed by atoms with Gasteiger partial charge in [-0.3, -0.25) is 9.36 Å². The van der Waals surface area contributed by atoms with E-state index >= 15 is 0 Å². The van der Waals surface area contributed by atoms with Gasteiger partial charge in [-0.1, -0.05) is 30.3 Å². The second kappa shape index (κ2) is 8.93. The summed E-state index contributed by atoms with van der Waals surface area (Å²) in [6, 6.07) is 21.4. The van der Waals surface area contributed by atoms with E-state index in [9.17, 15) is 4.79 Å². The molecule has 0 aliphatic heterocycles. The molecule has 4 aromatic rings. The van der Waals surface area contributed by atoms with Crippen molar-refractivity contribution in [3.63, 3.8) is 0 Å². The van der Waals surface area contributed by atoms with Crippen molar-refractivity contribution in [2.75, 3.05) is 26.1 Å². The molecule has 3 aromatic carbocycles. The quantitative estimate of drug-likeness (QED) is 0.336. The Morgan fingerprint density at radius 2 is 1.74 bits per heavy atom. The molecule has 1 heterocycles. The number of nitrogens with zero attached hydrogens (tertiary/aromatic N) is 3. The van der Waals surface area contributed by atoms with Gasteiger partial charge in [0.25, 0.3) is 5.56 Å². The van der Waals surface area contributed by atoms with Crippen molar-refractivity contribution in [1.29, 1.82) is 0 Å². The van der Waals surface area contributed by atoms with E-state index in [2.05, 4.69) is 39.6 Å². The van der Waals surface area contributed by atoms with Gasteiger partial charge in [0.15, 0.2) is 0 Å². The molecule has 0 fully saturated rings. The largest absolute Gasteiger partial charge is 0.495 e. The highest BCUT2D eigenvalue weighted by molar-refractivity contribution is 14.1. The molecular weight excluding hydrogens is 501 g/mol. The molecule has 0 atom stereocenters. The van der Waals surface area contributed by atoms with E-state index < -0.39 is 0 Å². The minimum Gasteiger partial charge on any atom is -0.495 e. The SMILES string of the molecule is COc1ccccc1-n1c(/C=C/c2ccc(N(C)C)cc2)nc2ccc(I)cc2c1=O. The number of hydrogen-bond donors (Lipinski definition) is 0. The van der Waals surface area contributed by atoms with Crippen LogP contribution in [0.15, 0.2) is 71.5 Å². The Balaban J connectivity index is 1.91. The van der Waals surface area contributed by atoms with Crippen LogP contribution in [0.2, 0.25) is 0 Å². The summed E-state index contributed by atoms with van der Waals surface area (Å²) in [7, 11) is 5.62. The number of ether oxygens (including phenoxy) is 1. The number of anilines is 1. The molecule has 0 bridgehead atoms. The maximum Gasteiger partial charge on any atom is 0.266 e. The van der Waals surface area contributed by atoms with Crippen LogP contribution in [-0.4, -0.2) is 30.8 Å². The van der Waals surface area contributed by atoms with Crippen LogP contribution in [-0.2, 0) is 0 Å². The Morgan fingerprint density at radius 1 is 1.00 bits per heavy atom. The van der Waals surface area contributed by atoms with E-state index in [0.29, 0.717) is 28.2 Å². The van der Waals surface area contributed by atoms with Crippen LogP contribution in [0, 0.1) is 3.57 Å². The summed E-state index contributed by atoms with van der Waals surface area (Å²) in [6.07, 6.45) is 3.83. The third-order valence-electron chi connectivity index (χ3n) is 5.02. The molecule has 0 spiro atoms. The summed E-state index contributed by atoms with van der Waals surface area (Å²) in [5, 5.41) is 0.574. The van der Waals surface area contributed by atoms with E-state index in [-0.39, 0.29) is 5.56 Å². The molecule has 0 aliphatic rings. The standard InChI is InChI=1S/C25H22IN3O2/c1-28(2)19-12-8-17(9-13-19)10-15-24-27-21-14-11-18(26)16-20(21)25(30)29(24)22-6-4-5-7-23(22)31-3/h4-16H,1-3H3/b15-10+. The van der Waals surface area contributed by atoms with Gasteiger partial charge in [0.05, 0.1) is 23.7 Å². The van der Waals surface area contributed by atoms with Gasteiger partial charge in [0.2, 0.25) is 0 Å². The van der Waals surface area contributed by atoms with Crippen molar-refractivity contribution in [2.45, 2.75) is 0 Å². The second-order valence-electron chi connectivity index (χ2n) is 7.26. The van der Waals surface area contributed by atoms with E-state index in [1.807, 2.05) is 80.8 Å². The number of methoxy groups -OCH3 is 1. The van der Waals surface area contributed by atoms with E-state index in [1.165, 1.54) is 0 Å². The number of aromatic nitrogens is 2. The summed E-state index contributed by atoms with van der Waals surface area (Å²) in [5.41, 5.74) is 3.34. The fourth-order valence-corrected chi connectivity index (χ4v) is 3.88. The lowest BCUT2D eigenvalue weighted by Gasteiger charge is -2.14. The van der Waals surface area contributed by atoms with Gasteiger partial charge in [-0.25, -0.2) is 4.98 Å². The minimum atomic E-state index is -0.129. The monoisotopic (exact) mass is 523 g/mol. The number of fused-ring (bicyclic) bond motifs is 1. The second-order valence-corrected chi connectivity index (χ2v) is 8.51. The third kappa shape index (κ3) is 4.34. The first-order valence-corrected chi connectivity index (χ1v) is 10.9. The molecule has 0 N–H and O–H groups in total. The zero-order chi connectivity index (χ0) is 22.0. The van der Waals surface area contributed by atoms with Crippen molar-refractivity contribution in [1.82, 2.24) is 9.55 Å². The van der Waals surface area contributed by atoms with Gasteiger partial charge in [0, 0.05) is 23.4 Å². The van der Waals surface area contributed by atoms with Crippen LogP contribution in [0.5, 0.6) is 5.75 Å². The molecule has 0 unspecified atom stereocenters. The van der Waals surface area contributed by atoms with Gasteiger partial charge in [-0.15, -0.1) is 0 Å². The molecular formula is C25H22IN3O2. The molecule has 0 saturated carbocycles.